The van der Waals surface area contributed by atoms with E-state index in [9.17, 15) is 9.90 Å². The number of hydrogen-bond acceptors (Lipinski definition) is 8. The molecule has 1 atom stereocenters. The van der Waals surface area contributed by atoms with E-state index < -0.39 is 5.60 Å². The number of aromatic nitrogens is 8. The summed E-state index contributed by atoms with van der Waals surface area (Å²) >= 11 is 0. The molecule has 1 aliphatic rings. The zero-order valence-electron chi connectivity index (χ0n) is 26.7. The number of fused-ring (bicyclic) bond motifs is 1. The van der Waals surface area contributed by atoms with Crippen molar-refractivity contribution < 1.29 is 9.84 Å². The second-order valence-corrected chi connectivity index (χ2v) is 13.1. The fourth-order valence-corrected chi connectivity index (χ4v) is 6.46. The van der Waals surface area contributed by atoms with E-state index in [2.05, 4.69) is 74.9 Å². The van der Waals surface area contributed by atoms with Gasteiger partial charge in [0.15, 0.2) is 5.82 Å². The van der Waals surface area contributed by atoms with Crippen molar-refractivity contribution in [2.45, 2.75) is 103 Å². The van der Waals surface area contributed by atoms with Crippen molar-refractivity contribution in [3.8, 4) is 22.5 Å². The third-order valence-corrected chi connectivity index (χ3v) is 9.32. The van der Waals surface area contributed by atoms with Gasteiger partial charge in [0.2, 0.25) is 5.78 Å². The van der Waals surface area contributed by atoms with Gasteiger partial charge in [-0.1, -0.05) is 61.9 Å². The molecule has 0 spiro atoms. The van der Waals surface area contributed by atoms with Crippen molar-refractivity contribution in [1.29, 1.82) is 0 Å². The quantitative estimate of drug-likeness (QED) is 0.217. The van der Waals surface area contributed by atoms with E-state index >= 15 is 0 Å². The number of nitrogens with one attached hydrogen (secondary N) is 1. The first kappa shape index (κ1) is 30.8. The number of H-pyrrole nitrogens is 1. The number of aromatic amines is 1. The first-order valence-corrected chi connectivity index (χ1v) is 15.9. The van der Waals surface area contributed by atoms with Gasteiger partial charge in [-0.05, 0) is 86.9 Å². The first-order valence-electron chi connectivity index (χ1n) is 15.9. The Morgan fingerprint density at radius 1 is 1.11 bits per heavy atom. The minimum Gasteiger partial charge on any atom is -0.388 e. The van der Waals surface area contributed by atoms with Crippen LogP contribution < -0.4 is 5.56 Å². The van der Waals surface area contributed by atoms with E-state index in [0.29, 0.717) is 18.0 Å². The minimum atomic E-state index is -0.926. The van der Waals surface area contributed by atoms with Crippen LogP contribution in [0.5, 0.6) is 0 Å². The van der Waals surface area contributed by atoms with Crippen molar-refractivity contribution in [1.82, 2.24) is 39.8 Å². The highest BCUT2D eigenvalue weighted by molar-refractivity contribution is 5.80. The van der Waals surface area contributed by atoms with Crippen LogP contribution in [0.2, 0.25) is 0 Å². The summed E-state index contributed by atoms with van der Waals surface area (Å²) in [5, 5.41) is 29.4. The van der Waals surface area contributed by atoms with E-state index in [1.165, 1.54) is 0 Å². The lowest BCUT2D eigenvalue weighted by Gasteiger charge is -2.42. The molecular weight excluding hydrogens is 568 g/mol. The van der Waals surface area contributed by atoms with Crippen molar-refractivity contribution in [3.05, 3.63) is 82.0 Å². The third kappa shape index (κ3) is 6.19. The van der Waals surface area contributed by atoms with Crippen molar-refractivity contribution in [2.24, 2.45) is 0 Å². The Morgan fingerprint density at radius 3 is 2.47 bits per heavy atom. The summed E-state index contributed by atoms with van der Waals surface area (Å²) in [6, 6.07) is 16.3. The number of aryl methyl sites for hydroxylation is 1. The molecule has 5 aromatic rings. The predicted molar refractivity (Wildman–Crippen MR) is 172 cm³/mol. The molecule has 2 N–H and O–H groups in total. The van der Waals surface area contributed by atoms with Crippen molar-refractivity contribution in [3.63, 3.8) is 0 Å². The molecule has 0 saturated heterocycles. The first-order chi connectivity index (χ1) is 21.6. The lowest BCUT2D eigenvalue weighted by molar-refractivity contribution is -0.163. The molecule has 1 unspecified atom stereocenters. The summed E-state index contributed by atoms with van der Waals surface area (Å²) in [6.07, 6.45) is 6.47. The van der Waals surface area contributed by atoms with Crippen LogP contribution in [0.25, 0.3) is 28.3 Å². The molecule has 11 heteroatoms. The Kier molecular flexibility index (Phi) is 8.41. The molecule has 1 fully saturated rings. The highest BCUT2D eigenvalue weighted by Crippen LogP contribution is 2.39. The smallest absolute Gasteiger partial charge is 0.259 e. The summed E-state index contributed by atoms with van der Waals surface area (Å²) in [5.74, 6) is 1.21. The Balaban J connectivity index is 1.31. The summed E-state index contributed by atoms with van der Waals surface area (Å²) in [7, 11) is 0. The summed E-state index contributed by atoms with van der Waals surface area (Å²) in [6.45, 7) is 9.69. The van der Waals surface area contributed by atoms with E-state index in [-0.39, 0.29) is 23.3 Å². The molecule has 1 aliphatic carbocycles. The predicted octanol–water partition coefficient (Wildman–Crippen LogP) is 5.33. The zero-order valence-corrected chi connectivity index (χ0v) is 26.7. The van der Waals surface area contributed by atoms with Gasteiger partial charge < -0.3 is 9.84 Å². The fraction of sp³-hybridized carbons (Fsp3) is 0.471. The number of rotatable bonds is 10. The maximum atomic E-state index is 14.4. The van der Waals surface area contributed by atoms with Crippen LogP contribution >= 0.6 is 0 Å². The third-order valence-electron chi connectivity index (χ3n) is 9.32. The number of nitrogens with zero attached hydrogens (tertiary/aromatic N) is 7. The molecule has 6 rings (SSSR count). The van der Waals surface area contributed by atoms with E-state index in [1.54, 1.807) is 20.2 Å². The second kappa shape index (κ2) is 12.3. The normalized spacial score (nSPS) is 19.6. The number of benzene rings is 2. The van der Waals surface area contributed by atoms with Gasteiger partial charge in [0.05, 0.1) is 23.0 Å². The van der Waals surface area contributed by atoms with Crippen LogP contribution in [0.15, 0.2) is 59.7 Å². The molecule has 11 nitrogen and oxygen atoms in total. The van der Waals surface area contributed by atoms with Gasteiger partial charge in [-0.15, -0.1) is 5.10 Å². The van der Waals surface area contributed by atoms with Gasteiger partial charge in [0.25, 0.3) is 5.56 Å². The molecule has 0 radical (unpaired) electrons. The second-order valence-electron chi connectivity index (χ2n) is 13.1. The zero-order chi connectivity index (χ0) is 31.8. The van der Waals surface area contributed by atoms with Gasteiger partial charge in [-0.2, -0.15) is 10.1 Å². The number of hydrogen-bond donors (Lipinski definition) is 2. The molecule has 3 heterocycles. The lowest BCUT2D eigenvalue weighted by Crippen LogP contribution is -2.45. The Labute approximate surface area is 262 Å². The number of aliphatic hydroxyl groups is 1. The Bertz CT molecular complexity index is 1810. The van der Waals surface area contributed by atoms with Gasteiger partial charge in [-0.25, -0.2) is 9.61 Å². The molecule has 0 aliphatic heterocycles. The standard InChI is InChI=1S/C34H42N8O3/c1-6-9-29-28(20-23-12-14-24(15-13-23)26-10-7-8-11-27(26)30-37-39-40-38-30)31(43)41(32-35-21-36-42(29)32)25-16-18-34(5,19-17-25)45-22(2)33(3,4)44/h7-8,10-15,21-22,25,44H,6,9,16-20H2,1-5H3,(H,37,38,39,40)/t22?,25-,34-. The summed E-state index contributed by atoms with van der Waals surface area (Å²) in [4.78, 5) is 19.0. The van der Waals surface area contributed by atoms with E-state index in [0.717, 1.165) is 72.0 Å². The van der Waals surface area contributed by atoms with Crippen LogP contribution in [-0.4, -0.2) is 62.2 Å². The molecule has 0 amide bonds. The van der Waals surface area contributed by atoms with E-state index in [1.807, 2.05) is 34.2 Å². The van der Waals surface area contributed by atoms with Gasteiger partial charge in [-0.3, -0.25) is 9.36 Å². The topological polar surface area (TPSA) is 136 Å². The van der Waals surface area contributed by atoms with Crippen LogP contribution in [0.1, 0.15) is 89.6 Å². The number of ether oxygens (including phenoxy) is 1. The van der Waals surface area contributed by atoms with E-state index in [4.69, 9.17) is 4.74 Å². The Hall–Kier alpha value is -4.22. The Morgan fingerprint density at radius 2 is 1.82 bits per heavy atom. The maximum absolute atomic E-state index is 14.4. The lowest BCUT2D eigenvalue weighted by atomic mass is 9.82. The summed E-state index contributed by atoms with van der Waals surface area (Å²) in [5.41, 5.74) is 4.42. The van der Waals surface area contributed by atoms with Crippen LogP contribution in [-0.2, 0) is 17.6 Å². The van der Waals surface area contributed by atoms with Crippen LogP contribution in [0.3, 0.4) is 0 Å². The highest BCUT2D eigenvalue weighted by atomic mass is 16.5. The molecule has 236 valence electrons. The summed E-state index contributed by atoms with van der Waals surface area (Å²) < 4.78 is 10.1. The van der Waals surface area contributed by atoms with Gasteiger partial charge in [0.1, 0.15) is 6.33 Å². The fourth-order valence-electron chi connectivity index (χ4n) is 6.46. The van der Waals surface area contributed by atoms with Gasteiger partial charge >= 0.3 is 0 Å². The maximum Gasteiger partial charge on any atom is 0.259 e. The SMILES string of the molecule is CCCc1c(Cc2ccc(-c3ccccc3-c3nnn[nH]3)cc2)c(=O)n([C@H]2CC[C@](C)(OC(C)C(C)(C)O)CC2)c2ncnn12. The molecule has 3 aromatic heterocycles. The minimum absolute atomic E-state index is 0.00516. The van der Waals surface area contributed by atoms with Crippen LogP contribution in [0.4, 0.5) is 0 Å². The molecule has 45 heavy (non-hydrogen) atoms. The molecule has 0 bridgehead atoms. The molecular formula is C34H42N8O3. The average molecular weight is 611 g/mol. The average Bonchev–Trinajstić information content (AvgIpc) is 3.73. The largest absolute Gasteiger partial charge is 0.388 e. The van der Waals surface area contributed by atoms with Crippen LogP contribution in [0, 0.1) is 0 Å². The number of tetrazole rings is 1. The highest BCUT2D eigenvalue weighted by Gasteiger charge is 2.38. The molecule has 2 aromatic carbocycles. The van der Waals surface area contributed by atoms with Crippen molar-refractivity contribution >= 4 is 5.78 Å². The van der Waals surface area contributed by atoms with Gasteiger partial charge in [0, 0.05) is 23.6 Å². The van der Waals surface area contributed by atoms with Crippen molar-refractivity contribution in [2.75, 3.05) is 0 Å². The molecule has 1 saturated carbocycles. The monoisotopic (exact) mass is 610 g/mol.